The molecule has 0 unspecified atom stereocenters. The summed E-state index contributed by atoms with van der Waals surface area (Å²) >= 11 is 0. The number of hydrogen-bond donors (Lipinski definition) is 2. The molecule has 0 fully saturated rings. The van der Waals surface area contributed by atoms with Gasteiger partial charge in [0.2, 0.25) is 0 Å². The fourth-order valence-electron chi connectivity index (χ4n) is 1.66. The van der Waals surface area contributed by atoms with Crippen LogP contribution in [0.25, 0.3) is 0 Å². The topological polar surface area (TPSA) is 71.1 Å². The minimum absolute atomic E-state index is 0.105. The Morgan fingerprint density at radius 2 is 2.11 bits per heavy atom. The summed E-state index contributed by atoms with van der Waals surface area (Å²) in [6.45, 7) is 0. The van der Waals surface area contributed by atoms with Gasteiger partial charge in [-0.15, -0.1) is 0 Å². The minimum Gasteiger partial charge on any atom is -0.494 e. The highest BCUT2D eigenvalue weighted by molar-refractivity contribution is 5.74. The highest BCUT2D eigenvalue weighted by Gasteiger charge is 2.08. The number of nitrogen functional groups attached to an aromatic ring is 1. The van der Waals surface area contributed by atoms with Crippen LogP contribution in [-0.2, 0) is 0 Å². The van der Waals surface area contributed by atoms with Gasteiger partial charge < -0.3 is 15.8 Å². The Kier molecular flexibility index (Phi) is 3.53. The maximum atomic E-state index is 13.4. The number of benzene rings is 2. The molecule has 0 spiro atoms. The van der Waals surface area contributed by atoms with Crippen molar-refractivity contribution in [2.45, 2.75) is 0 Å². The third kappa shape index (κ3) is 2.75. The Labute approximate surface area is 110 Å². The number of ether oxygens (including phenoxy) is 1. The number of nitriles is 1. The summed E-state index contributed by atoms with van der Waals surface area (Å²) < 4.78 is 18.3. The fraction of sp³-hybridized carbons (Fsp3) is 0.0714. The van der Waals surface area contributed by atoms with Gasteiger partial charge in [0.05, 0.1) is 30.1 Å². The molecular weight excluding hydrogens is 245 g/mol. The van der Waals surface area contributed by atoms with E-state index in [2.05, 4.69) is 5.32 Å². The summed E-state index contributed by atoms with van der Waals surface area (Å²) in [7, 11) is 1.38. The first-order valence-corrected chi connectivity index (χ1v) is 5.54. The summed E-state index contributed by atoms with van der Waals surface area (Å²) in [6.07, 6.45) is 0. The molecule has 0 amide bonds. The minimum atomic E-state index is -0.517. The number of methoxy groups -OCH3 is 1. The number of nitrogens with two attached hydrogens (primary N) is 1. The molecule has 2 rings (SSSR count). The molecule has 2 aromatic carbocycles. The van der Waals surface area contributed by atoms with Gasteiger partial charge >= 0.3 is 0 Å². The maximum absolute atomic E-state index is 13.4. The van der Waals surface area contributed by atoms with Gasteiger partial charge in [0, 0.05) is 17.8 Å². The van der Waals surface area contributed by atoms with E-state index in [4.69, 9.17) is 15.7 Å². The molecule has 5 heteroatoms. The van der Waals surface area contributed by atoms with Crippen LogP contribution in [0.15, 0.2) is 36.4 Å². The molecule has 19 heavy (non-hydrogen) atoms. The first kappa shape index (κ1) is 12.7. The molecule has 0 bridgehead atoms. The van der Waals surface area contributed by atoms with E-state index in [0.717, 1.165) is 0 Å². The Morgan fingerprint density at radius 1 is 1.32 bits per heavy atom. The molecule has 0 aliphatic heterocycles. The smallest absolute Gasteiger partial charge is 0.167 e. The Bertz CT molecular complexity index is 650. The van der Waals surface area contributed by atoms with Crippen LogP contribution in [0.3, 0.4) is 0 Å². The summed E-state index contributed by atoms with van der Waals surface area (Å²) in [5.41, 5.74) is 7.75. The Hall–Kier alpha value is -2.74. The van der Waals surface area contributed by atoms with Crippen molar-refractivity contribution in [2.24, 2.45) is 0 Å². The van der Waals surface area contributed by atoms with E-state index in [-0.39, 0.29) is 11.4 Å². The van der Waals surface area contributed by atoms with Crippen molar-refractivity contribution in [1.29, 1.82) is 5.26 Å². The van der Waals surface area contributed by atoms with Crippen molar-refractivity contribution in [1.82, 2.24) is 0 Å². The normalized spacial score (nSPS) is 9.74. The highest BCUT2D eigenvalue weighted by atomic mass is 19.1. The maximum Gasteiger partial charge on any atom is 0.167 e. The van der Waals surface area contributed by atoms with Crippen LogP contribution in [0.5, 0.6) is 5.75 Å². The molecular formula is C14H12FN3O. The molecule has 2 aromatic rings. The van der Waals surface area contributed by atoms with Crippen LogP contribution in [0.1, 0.15) is 5.56 Å². The van der Waals surface area contributed by atoms with E-state index in [0.29, 0.717) is 16.9 Å². The first-order chi connectivity index (χ1) is 9.13. The predicted octanol–water partition coefficient (Wildman–Crippen LogP) is 3.03. The highest BCUT2D eigenvalue weighted by Crippen LogP contribution is 2.30. The number of nitrogens with one attached hydrogen (secondary N) is 1. The molecule has 96 valence electrons. The van der Waals surface area contributed by atoms with Gasteiger partial charge in [-0.2, -0.15) is 5.26 Å². The third-order valence-electron chi connectivity index (χ3n) is 2.59. The van der Waals surface area contributed by atoms with Crippen molar-refractivity contribution >= 4 is 17.1 Å². The van der Waals surface area contributed by atoms with Crippen molar-refractivity contribution < 1.29 is 9.13 Å². The van der Waals surface area contributed by atoms with Crippen molar-refractivity contribution in [3.63, 3.8) is 0 Å². The van der Waals surface area contributed by atoms with Crippen LogP contribution in [0.4, 0.5) is 21.5 Å². The number of anilines is 3. The molecule has 0 aliphatic rings. The van der Waals surface area contributed by atoms with Crippen molar-refractivity contribution in [3.8, 4) is 11.8 Å². The summed E-state index contributed by atoms with van der Waals surface area (Å²) in [5.74, 6) is -0.413. The van der Waals surface area contributed by atoms with Gasteiger partial charge in [-0.1, -0.05) is 6.07 Å². The molecule has 0 radical (unpaired) electrons. The lowest BCUT2D eigenvalue weighted by Crippen LogP contribution is -1.99. The van der Waals surface area contributed by atoms with Gasteiger partial charge in [0.25, 0.3) is 0 Å². The van der Waals surface area contributed by atoms with Crippen LogP contribution >= 0.6 is 0 Å². The quantitative estimate of drug-likeness (QED) is 0.829. The standard InChI is InChI=1S/C14H12FN3O/c1-19-14-7-13(12(17)6-11(14)15)18-10-4-2-3-9(5-10)8-16/h2-7,18H,17H2,1H3. The van der Waals surface area contributed by atoms with Crippen LogP contribution in [0.2, 0.25) is 0 Å². The number of hydrogen-bond acceptors (Lipinski definition) is 4. The zero-order valence-electron chi connectivity index (χ0n) is 10.3. The molecule has 3 N–H and O–H groups in total. The van der Waals surface area contributed by atoms with Crippen LogP contribution in [-0.4, -0.2) is 7.11 Å². The lowest BCUT2D eigenvalue weighted by molar-refractivity contribution is 0.387. The number of rotatable bonds is 3. The average molecular weight is 257 g/mol. The van der Waals surface area contributed by atoms with E-state index in [1.807, 2.05) is 6.07 Å². The fourth-order valence-corrected chi connectivity index (χ4v) is 1.66. The summed E-state index contributed by atoms with van der Waals surface area (Å²) in [6, 6.07) is 11.6. The number of nitrogens with zero attached hydrogens (tertiary/aromatic N) is 1. The third-order valence-corrected chi connectivity index (χ3v) is 2.59. The Morgan fingerprint density at radius 3 is 2.79 bits per heavy atom. The van der Waals surface area contributed by atoms with Crippen molar-refractivity contribution in [2.75, 3.05) is 18.2 Å². The molecule has 0 saturated heterocycles. The van der Waals surface area contributed by atoms with E-state index in [1.165, 1.54) is 19.2 Å². The molecule has 4 nitrogen and oxygen atoms in total. The Balaban J connectivity index is 2.35. The van der Waals surface area contributed by atoms with E-state index < -0.39 is 5.82 Å². The van der Waals surface area contributed by atoms with Gasteiger partial charge in [0.15, 0.2) is 11.6 Å². The summed E-state index contributed by atoms with van der Waals surface area (Å²) in [5, 5.41) is 11.9. The largest absolute Gasteiger partial charge is 0.494 e. The monoisotopic (exact) mass is 257 g/mol. The lowest BCUT2D eigenvalue weighted by Gasteiger charge is -2.12. The zero-order valence-corrected chi connectivity index (χ0v) is 10.3. The van der Waals surface area contributed by atoms with Gasteiger partial charge in [-0.3, -0.25) is 0 Å². The average Bonchev–Trinajstić information content (AvgIpc) is 2.42. The van der Waals surface area contributed by atoms with E-state index in [9.17, 15) is 4.39 Å². The second kappa shape index (κ2) is 5.27. The second-order valence-electron chi connectivity index (χ2n) is 3.89. The van der Waals surface area contributed by atoms with Gasteiger partial charge in [0.1, 0.15) is 0 Å². The van der Waals surface area contributed by atoms with E-state index >= 15 is 0 Å². The predicted molar refractivity (Wildman–Crippen MR) is 71.8 cm³/mol. The van der Waals surface area contributed by atoms with Gasteiger partial charge in [-0.05, 0) is 18.2 Å². The van der Waals surface area contributed by atoms with Crippen LogP contribution in [0, 0.1) is 17.1 Å². The first-order valence-electron chi connectivity index (χ1n) is 5.54. The molecule has 0 aromatic heterocycles. The zero-order chi connectivity index (χ0) is 13.8. The lowest BCUT2D eigenvalue weighted by atomic mass is 10.2. The van der Waals surface area contributed by atoms with Gasteiger partial charge in [-0.25, -0.2) is 4.39 Å². The molecule has 0 heterocycles. The van der Waals surface area contributed by atoms with Crippen molar-refractivity contribution in [3.05, 3.63) is 47.8 Å². The molecule has 0 aliphatic carbocycles. The second-order valence-corrected chi connectivity index (χ2v) is 3.89. The van der Waals surface area contributed by atoms with E-state index in [1.54, 1.807) is 24.3 Å². The van der Waals surface area contributed by atoms with Crippen LogP contribution < -0.4 is 15.8 Å². The summed E-state index contributed by atoms with van der Waals surface area (Å²) in [4.78, 5) is 0. The molecule has 0 saturated carbocycles. The number of halogens is 1. The SMILES string of the molecule is COc1cc(Nc2cccc(C#N)c2)c(N)cc1F. The molecule has 0 atom stereocenters.